The van der Waals surface area contributed by atoms with Gasteiger partial charge in [-0.25, -0.2) is 0 Å². The highest BCUT2D eigenvalue weighted by Gasteiger charge is 2.30. The summed E-state index contributed by atoms with van der Waals surface area (Å²) in [4.78, 5) is 25.2. The molecule has 0 aromatic rings. The lowest BCUT2D eigenvalue weighted by Gasteiger charge is -2.00. The van der Waals surface area contributed by atoms with Gasteiger partial charge in [-0.2, -0.15) is 4.99 Å². The summed E-state index contributed by atoms with van der Waals surface area (Å²) in [6, 6.07) is 0. The number of carbonyl (C=O) groups is 2. The van der Waals surface area contributed by atoms with E-state index in [9.17, 15) is 9.59 Å². The molecule has 72 valence electrons. The van der Waals surface area contributed by atoms with Crippen LogP contribution in [0.1, 0.15) is 13.3 Å². The first-order valence-corrected chi connectivity index (χ1v) is 5.63. The molecular formula is C7H9NO3S2. The van der Waals surface area contributed by atoms with Crippen molar-refractivity contribution in [2.75, 3.05) is 5.75 Å². The van der Waals surface area contributed by atoms with Crippen LogP contribution in [0.4, 0.5) is 0 Å². The Morgan fingerprint density at radius 2 is 2.46 bits per heavy atom. The van der Waals surface area contributed by atoms with Crippen LogP contribution in [0.2, 0.25) is 0 Å². The molecular weight excluding hydrogens is 210 g/mol. The zero-order valence-electron chi connectivity index (χ0n) is 7.02. The lowest BCUT2D eigenvalue weighted by Crippen LogP contribution is -2.15. The number of hydrogen-bond donors (Lipinski definition) is 1. The number of aliphatic imine (C=N–C) groups is 1. The molecule has 0 aromatic carbocycles. The first kappa shape index (κ1) is 10.6. The maximum absolute atomic E-state index is 11.1. The molecule has 0 radical (unpaired) electrons. The quantitative estimate of drug-likeness (QED) is 0.772. The van der Waals surface area contributed by atoms with Gasteiger partial charge in [-0.1, -0.05) is 30.4 Å². The summed E-state index contributed by atoms with van der Waals surface area (Å²) >= 11 is 2.73. The van der Waals surface area contributed by atoms with Crippen LogP contribution in [-0.2, 0) is 9.59 Å². The van der Waals surface area contributed by atoms with Crippen molar-refractivity contribution < 1.29 is 14.7 Å². The van der Waals surface area contributed by atoms with Crippen molar-refractivity contribution in [3.8, 4) is 0 Å². The molecule has 13 heavy (non-hydrogen) atoms. The monoisotopic (exact) mass is 219 g/mol. The highest BCUT2D eigenvalue weighted by Crippen LogP contribution is 2.30. The fourth-order valence-electron chi connectivity index (χ4n) is 0.838. The van der Waals surface area contributed by atoms with Gasteiger partial charge >= 0.3 is 5.97 Å². The van der Waals surface area contributed by atoms with Crippen molar-refractivity contribution in [3.05, 3.63) is 0 Å². The van der Waals surface area contributed by atoms with E-state index in [4.69, 9.17) is 5.11 Å². The molecule has 0 fully saturated rings. The van der Waals surface area contributed by atoms with Gasteiger partial charge in [0.25, 0.3) is 5.91 Å². The predicted octanol–water partition coefficient (Wildman–Crippen LogP) is 1.21. The normalized spacial score (nSPS) is 21.8. The molecule has 0 aliphatic carbocycles. The van der Waals surface area contributed by atoms with Crippen molar-refractivity contribution in [2.45, 2.75) is 18.6 Å². The Morgan fingerprint density at radius 1 is 1.77 bits per heavy atom. The minimum absolute atomic E-state index is 0.138. The zero-order chi connectivity index (χ0) is 9.84. The summed E-state index contributed by atoms with van der Waals surface area (Å²) in [5.41, 5.74) is 0. The molecule has 1 aliphatic rings. The fourth-order valence-corrected chi connectivity index (χ4v) is 2.98. The van der Waals surface area contributed by atoms with Crippen LogP contribution < -0.4 is 0 Å². The van der Waals surface area contributed by atoms with E-state index in [1.807, 2.05) is 6.92 Å². The summed E-state index contributed by atoms with van der Waals surface area (Å²) in [5.74, 6) is -0.425. The van der Waals surface area contributed by atoms with E-state index in [2.05, 4.69) is 4.99 Å². The molecule has 1 atom stereocenters. The van der Waals surface area contributed by atoms with E-state index in [0.29, 0.717) is 4.38 Å². The lowest BCUT2D eigenvalue weighted by molar-refractivity contribution is -0.138. The fraction of sp³-hybridized carbons (Fsp3) is 0.571. The van der Waals surface area contributed by atoms with Crippen LogP contribution >= 0.6 is 23.5 Å². The van der Waals surface area contributed by atoms with Crippen LogP contribution in [0, 0.1) is 0 Å². The lowest BCUT2D eigenvalue weighted by atomic mass is 10.3. The molecule has 0 spiro atoms. The number of carboxylic acids is 1. The molecule has 1 amide bonds. The molecule has 1 rings (SSSR count). The number of carboxylic acid groups (broad SMARTS) is 1. The maximum atomic E-state index is 11.1. The third kappa shape index (κ3) is 3.04. The summed E-state index contributed by atoms with van der Waals surface area (Å²) < 4.78 is 0.693. The Morgan fingerprint density at radius 3 is 3.00 bits per heavy atom. The smallest absolute Gasteiger partial charge is 0.305 e. The van der Waals surface area contributed by atoms with Gasteiger partial charge in [0, 0.05) is 0 Å². The number of thioether (sulfide) groups is 2. The summed E-state index contributed by atoms with van der Waals surface area (Å²) in [5, 5.41) is 7.98. The topological polar surface area (TPSA) is 66.7 Å². The van der Waals surface area contributed by atoms with Gasteiger partial charge in [-0.3, -0.25) is 9.59 Å². The van der Waals surface area contributed by atoms with E-state index in [1.54, 1.807) is 0 Å². The molecule has 1 aliphatic heterocycles. The summed E-state index contributed by atoms with van der Waals surface area (Å²) in [7, 11) is 0. The van der Waals surface area contributed by atoms with Gasteiger partial charge in [0.05, 0.1) is 6.42 Å². The van der Waals surface area contributed by atoms with Gasteiger partial charge in [0.1, 0.15) is 9.63 Å². The van der Waals surface area contributed by atoms with Crippen molar-refractivity contribution in [2.24, 2.45) is 4.99 Å². The minimum Gasteiger partial charge on any atom is -0.481 e. The number of amides is 1. The molecule has 0 aromatic heterocycles. The number of nitrogens with zero attached hydrogens (tertiary/aromatic N) is 1. The first-order valence-electron chi connectivity index (χ1n) is 3.77. The van der Waals surface area contributed by atoms with Crippen molar-refractivity contribution in [3.63, 3.8) is 0 Å². The Labute approximate surface area is 84.2 Å². The molecule has 0 unspecified atom stereocenters. The van der Waals surface area contributed by atoms with E-state index in [0.717, 1.165) is 5.75 Å². The Balaban J connectivity index is 2.49. The summed E-state index contributed by atoms with van der Waals surface area (Å²) in [6.07, 6.45) is -0.138. The second kappa shape index (κ2) is 4.66. The SMILES string of the molecule is CCSC1=NC(=O)[C@@H](CC(=O)O)S1. The molecule has 1 N–H and O–H groups in total. The highest BCUT2D eigenvalue weighted by atomic mass is 32.2. The highest BCUT2D eigenvalue weighted by molar-refractivity contribution is 8.39. The van der Waals surface area contributed by atoms with E-state index in [1.165, 1.54) is 23.5 Å². The second-order valence-corrected chi connectivity index (χ2v) is 5.06. The van der Waals surface area contributed by atoms with E-state index in [-0.39, 0.29) is 12.3 Å². The largest absolute Gasteiger partial charge is 0.481 e. The number of rotatable bonds is 3. The zero-order valence-corrected chi connectivity index (χ0v) is 8.65. The third-order valence-electron chi connectivity index (χ3n) is 1.35. The predicted molar refractivity (Wildman–Crippen MR) is 54.2 cm³/mol. The van der Waals surface area contributed by atoms with Gasteiger partial charge in [0.15, 0.2) is 0 Å². The van der Waals surface area contributed by atoms with Gasteiger partial charge in [0.2, 0.25) is 0 Å². The number of aliphatic carboxylic acids is 1. The standard InChI is InChI=1S/C7H9NO3S2/c1-2-12-7-8-6(11)4(13-7)3-5(9)10/h4H,2-3H2,1H3,(H,9,10)/t4-/m1/s1. The molecule has 0 bridgehead atoms. The maximum Gasteiger partial charge on any atom is 0.305 e. The van der Waals surface area contributed by atoms with Gasteiger partial charge in [-0.05, 0) is 5.75 Å². The van der Waals surface area contributed by atoms with Crippen LogP contribution in [0.3, 0.4) is 0 Å². The van der Waals surface area contributed by atoms with Crippen molar-refractivity contribution >= 4 is 39.8 Å². The number of hydrogen-bond acceptors (Lipinski definition) is 4. The Kier molecular flexibility index (Phi) is 3.80. The minimum atomic E-state index is -0.955. The molecule has 4 nitrogen and oxygen atoms in total. The Bertz CT molecular complexity index is 264. The van der Waals surface area contributed by atoms with Crippen LogP contribution in [0.25, 0.3) is 0 Å². The van der Waals surface area contributed by atoms with E-state index >= 15 is 0 Å². The molecule has 0 saturated heterocycles. The second-order valence-electron chi connectivity index (χ2n) is 2.35. The van der Waals surface area contributed by atoms with Crippen LogP contribution in [-0.4, -0.2) is 32.4 Å². The van der Waals surface area contributed by atoms with Crippen molar-refractivity contribution in [1.82, 2.24) is 0 Å². The average molecular weight is 219 g/mol. The Hall–Kier alpha value is -0.490. The molecule has 1 heterocycles. The molecule has 0 saturated carbocycles. The van der Waals surface area contributed by atoms with Gasteiger partial charge in [-0.15, -0.1) is 0 Å². The van der Waals surface area contributed by atoms with Crippen LogP contribution in [0.5, 0.6) is 0 Å². The van der Waals surface area contributed by atoms with E-state index < -0.39 is 11.2 Å². The number of carbonyl (C=O) groups excluding carboxylic acids is 1. The van der Waals surface area contributed by atoms with Gasteiger partial charge < -0.3 is 5.11 Å². The third-order valence-corrected chi connectivity index (χ3v) is 3.56. The summed E-state index contributed by atoms with van der Waals surface area (Å²) in [6.45, 7) is 1.96. The van der Waals surface area contributed by atoms with Crippen molar-refractivity contribution in [1.29, 1.82) is 0 Å². The van der Waals surface area contributed by atoms with Crippen LogP contribution in [0.15, 0.2) is 4.99 Å². The average Bonchev–Trinajstić information content (AvgIpc) is 2.31. The first-order chi connectivity index (χ1) is 6.13. The molecule has 6 heteroatoms.